The zero-order chi connectivity index (χ0) is 17.9. The van der Waals surface area contributed by atoms with Crippen molar-refractivity contribution in [2.24, 2.45) is 10.9 Å². The lowest BCUT2D eigenvalue weighted by Crippen LogP contribution is -2.43. The van der Waals surface area contributed by atoms with Gasteiger partial charge >= 0.3 is 0 Å². The molecule has 0 aromatic rings. The Morgan fingerprint density at radius 2 is 1.92 bits per heavy atom. The van der Waals surface area contributed by atoms with Crippen LogP contribution < -0.4 is 10.6 Å². The number of aliphatic imine (C=N–C) groups is 1. The molecule has 0 aromatic carbocycles. The minimum Gasteiger partial charge on any atom is -0.475 e. The van der Waals surface area contributed by atoms with Gasteiger partial charge in [-0.2, -0.15) is 0 Å². The Hall–Kier alpha value is -0.760. The van der Waals surface area contributed by atoms with Gasteiger partial charge in [0.2, 0.25) is 6.41 Å². The fraction of sp³-hybridized carbons (Fsp3) is 0.824. The molecule has 0 aliphatic heterocycles. The normalized spacial score (nSPS) is 25.0. The van der Waals surface area contributed by atoms with E-state index in [4.69, 9.17) is 14.5 Å². The van der Waals surface area contributed by atoms with Crippen LogP contribution in [0.25, 0.3) is 0 Å². The Bertz CT molecular complexity index is 397. The number of nitrogens with zero attached hydrogens (tertiary/aromatic N) is 1. The Balaban J connectivity index is 2.44. The van der Waals surface area contributed by atoms with Gasteiger partial charge in [-0.05, 0) is 52.7 Å². The van der Waals surface area contributed by atoms with Crippen molar-refractivity contribution in [3.63, 3.8) is 0 Å². The highest BCUT2D eigenvalue weighted by atomic mass is 32.2. The molecule has 1 aliphatic rings. The Morgan fingerprint density at radius 1 is 1.25 bits per heavy atom. The third-order valence-corrected chi connectivity index (χ3v) is 4.74. The van der Waals surface area contributed by atoms with Gasteiger partial charge in [-0.1, -0.05) is 0 Å². The molecule has 2 atom stereocenters. The van der Waals surface area contributed by atoms with Crippen LogP contribution in [0.15, 0.2) is 17.5 Å². The second-order valence-corrected chi connectivity index (χ2v) is 7.08. The van der Waals surface area contributed by atoms with Gasteiger partial charge in [0.25, 0.3) is 0 Å². The largest absolute Gasteiger partial charge is 0.475 e. The monoisotopic (exact) mass is 359 g/mol. The second-order valence-electron chi connectivity index (χ2n) is 6.25. The van der Waals surface area contributed by atoms with Crippen molar-refractivity contribution in [3.05, 3.63) is 12.5 Å². The second kappa shape index (κ2) is 11.7. The van der Waals surface area contributed by atoms with E-state index in [1.165, 1.54) is 0 Å². The van der Waals surface area contributed by atoms with Gasteiger partial charge in [0.05, 0.1) is 11.1 Å². The van der Waals surface area contributed by atoms with E-state index in [0.717, 1.165) is 30.7 Å². The van der Waals surface area contributed by atoms with E-state index in [1.54, 1.807) is 24.2 Å². The highest BCUT2D eigenvalue weighted by Gasteiger charge is 2.26. The minimum absolute atomic E-state index is 0.0116. The summed E-state index contributed by atoms with van der Waals surface area (Å²) in [5.74, 6) is 0.473. The molecule has 24 heavy (non-hydrogen) atoms. The molecule has 3 N–H and O–H groups in total. The van der Waals surface area contributed by atoms with E-state index >= 15 is 0 Å². The molecule has 0 saturated heterocycles. The van der Waals surface area contributed by atoms with Gasteiger partial charge in [-0.3, -0.25) is 5.32 Å². The summed E-state index contributed by atoms with van der Waals surface area (Å²) in [6.45, 7) is 5.78. The summed E-state index contributed by atoms with van der Waals surface area (Å²) >= 11 is 1.70. The van der Waals surface area contributed by atoms with Crippen molar-refractivity contribution < 1.29 is 14.6 Å². The standard InChI is InChI=1S/C17H33N3O3S/c1-12(2)23-17(21)20-15-8-6-14(7-9-15)16(24-5)19-13(3)22-11-10-18-4/h10-15,17-18,20-21H,6-9H2,1-5H3/b11-10-,19-16?. The van der Waals surface area contributed by atoms with Crippen LogP contribution in [0.1, 0.15) is 46.5 Å². The van der Waals surface area contributed by atoms with Gasteiger partial charge in [0, 0.05) is 25.2 Å². The highest BCUT2D eigenvalue weighted by molar-refractivity contribution is 8.13. The van der Waals surface area contributed by atoms with E-state index in [1.807, 2.05) is 27.8 Å². The van der Waals surface area contributed by atoms with Crippen molar-refractivity contribution in [2.45, 2.75) is 71.2 Å². The third-order valence-electron chi connectivity index (χ3n) is 3.88. The van der Waals surface area contributed by atoms with Gasteiger partial charge in [0.15, 0.2) is 6.23 Å². The first-order valence-electron chi connectivity index (χ1n) is 8.65. The molecular formula is C17H33N3O3S. The van der Waals surface area contributed by atoms with Crippen LogP contribution in [0, 0.1) is 5.92 Å². The Labute approximate surface area is 150 Å². The van der Waals surface area contributed by atoms with Crippen molar-refractivity contribution in [3.8, 4) is 0 Å². The average molecular weight is 360 g/mol. The maximum absolute atomic E-state index is 9.83. The van der Waals surface area contributed by atoms with Gasteiger partial charge in [-0.15, -0.1) is 11.8 Å². The molecular weight excluding hydrogens is 326 g/mol. The number of thioether (sulfide) groups is 1. The van der Waals surface area contributed by atoms with Gasteiger partial charge in [-0.25, -0.2) is 4.99 Å². The first-order chi connectivity index (χ1) is 11.5. The van der Waals surface area contributed by atoms with Crippen LogP contribution >= 0.6 is 11.8 Å². The van der Waals surface area contributed by atoms with E-state index in [9.17, 15) is 5.11 Å². The fourth-order valence-electron chi connectivity index (χ4n) is 2.76. The predicted octanol–water partition coefficient (Wildman–Crippen LogP) is 2.65. The molecule has 0 heterocycles. The molecule has 0 radical (unpaired) electrons. The number of hydrogen-bond acceptors (Lipinski definition) is 7. The molecule has 1 saturated carbocycles. The van der Waals surface area contributed by atoms with Crippen molar-refractivity contribution in [1.82, 2.24) is 10.6 Å². The molecule has 0 aromatic heterocycles. The number of aliphatic hydroxyl groups is 1. The smallest absolute Gasteiger partial charge is 0.213 e. The first kappa shape index (κ1) is 21.3. The van der Waals surface area contributed by atoms with E-state index in [2.05, 4.69) is 16.9 Å². The number of hydrogen-bond donors (Lipinski definition) is 3. The minimum atomic E-state index is -0.882. The summed E-state index contributed by atoms with van der Waals surface area (Å²) in [6, 6.07) is 0.297. The Kier molecular flexibility index (Phi) is 10.4. The molecule has 1 aliphatic carbocycles. The summed E-state index contributed by atoms with van der Waals surface area (Å²) in [5, 5.41) is 17.0. The topological polar surface area (TPSA) is 75.1 Å². The SMILES string of the molecule is CN/C=C\OC(C)N=C(SC)C1CCC(NC(O)OC(C)C)CC1. The fourth-order valence-corrected chi connectivity index (χ4v) is 3.58. The summed E-state index contributed by atoms with van der Waals surface area (Å²) in [7, 11) is 1.83. The Morgan fingerprint density at radius 3 is 2.46 bits per heavy atom. The average Bonchev–Trinajstić information content (AvgIpc) is 2.53. The molecule has 6 nitrogen and oxygen atoms in total. The lowest BCUT2D eigenvalue weighted by molar-refractivity contribution is -0.150. The van der Waals surface area contributed by atoms with Gasteiger partial charge in [0.1, 0.15) is 6.26 Å². The molecule has 0 bridgehead atoms. The lowest BCUT2D eigenvalue weighted by atomic mass is 9.86. The summed E-state index contributed by atoms with van der Waals surface area (Å²) in [6.07, 6.45) is 8.53. The zero-order valence-corrected chi connectivity index (χ0v) is 16.3. The van der Waals surface area contributed by atoms with E-state index in [-0.39, 0.29) is 12.3 Å². The van der Waals surface area contributed by atoms with Crippen LogP contribution in [-0.4, -0.2) is 48.2 Å². The molecule has 1 fully saturated rings. The number of nitrogens with one attached hydrogen (secondary N) is 2. The summed E-state index contributed by atoms with van der Waals surface area (Å²) < 4.78 is 10.8. The van der Waals surface area contributed by atoms with Crippen LogP contribution in [0.5, 0.6) is 0 Å². The van der Waals surface area contributed by atoms with Crippen molar-refractivity contribution in [2.75, 3.05) is 13.3 Å². The van der Waals surface area contributed by atoms with E-state index in [0.29, 0.717) is 12.0 Å². The molecule has 1 rings (SSSR count). The van der Waals surface area contributed by atoms with Crippen LogP contribution in [0.2, 0.25) is 0 Å². The maximum atomic E-state index is 9.83. The molecule has 2 unspecified atom stereocenters. The van der Waals surface area contributed by atoms with Gasteiger partial charge < -0.3 is 19.9 Å². The van der Waals surface area contributed by atoms with Crippen molar-refractivity contribution in [1.29, 1.82) is 0 Å². The van der Waals surface area contributed by atoms with Crippen LogP contribution in [-0.2, 0) is 9.47 Å². The van der Waals surface area contributed by atoms with Crippen LogP contribution in [0.4, 0.5) is 0 Å². The quantitative estimate of drug-likeness (QED) is 0.254. The molecule has 0 amide bonds. The summed E-state index contributed by atoms with van der Waals surface area (Å²) in [5.41, 5.74) is 0. The number of ether oxygens (including phenoxy) is 2. The molecule has 0 spiro atoms. The highest BCUT2D eigenvalue weighted by Crippen LogP contribution is 2.29. The lowest BCUT2D eigenvalue weighted by Gasteiger charge is -2.31. The maximum Gasteiger partial charge on any atom is 0.213 e. The molecule has 140 valence electrons. The van der Waals surface area contributed by atoms with Crippen LogP contribution in [0.3, 0.4) is 0 Å². The third kappa shape index (κ3) is 8.37. The van der Waals surface area contributed by atoms with Crippen molar-refractivity contribution >= 4 is 16.8 Å². The number of aliphatic hydroxyl groups excluding tert-OH is 1. The zero-order valence-electron chi connectivity index (χ0n) is 15.5. The summed E-state index contributed by atoms with van der Waals surface area (Å²) in [4.78, 5) is 4.70. The van der Waals surface area contributed by atoms with E-state index < -0.39 is 6.41 Å². The number of rotatable bonds is 9. The predicted molar refractivity (Wildman–Crippen MR) is 101 cm³/mol. The molecule has 7 heteroatoms. The first-order valence-corrected chi connectivity index (χ1v) is 9.87.